The standard InChI is InChI=1S/C11H19N3O/c1-8(2)14-9(3)12-7-13(10(14)15)11(4,5)6/h7-8H,3H2,1-2,4-6H3. The van der Waals surface area contributed by atoms with E-state index in [1.165, 1.54) is 0 Å². The minimum atomic E-state index is -0.256. The molecule has 0 saturated carbocycles. The van der Waals surface area contributed by atoms with Crippen LogP contribution in [0, 0.1) is 0 Å². The van der Waals surface area contributed by atoms with Gasteiger partial charge in [0.15, 0.2) is 0 Å². The van der Waals surface area contributed by atoms with Crippen molar-refractivity contribution in [2.45, 2.75) is 46.2 Å². The van der Waals surface area contributed by atoms with Gasteiger partial charge in [0.2, 0.25) is 0 Å². The summed E-state index contributed by atoms with van der Waals surface area (Å²) in [5, 5.41) is 0. The monoisotopic (exact) mass is 209 g/mol. The molecule has 1 heterocycles. The molecule has 1 rings (SSSR count). The lowest BCUT2D eigenvalue weighted by Crippen LogP contribution is -2.54. The molecule has 0 saturated heterocycles. The van der Waals surface area contributed by atoms with E-state index in [4.69, 9.17) is 0 Å². The summed E-state index contributed by atoms with van der Waals surface area (Å²) >= 11 is 0. The molecule has 0 aliphatic carbocycles. The lowest BCUT2D eigenvalue weighted by Gasteiger charge is -2.40. The van der Waals surface area contributed by atoms with Crippen LogP contribution in [0.5, 0.6) is 0 Å². The first-order valence-electron chi connectivity index (χ1n) is 5.11. The molecule has 0 N–H and O–H groups in total. The molecular weight excluding hydrogens is 190 g/mol. The predicted molar refractivity (Wildman–Crippen MR) is 61.6 cm³/mol. The summed E-state index contributed by atoms with van der Waals surface area (Å²) in [5.41, 5.74) is -0.256. The molecule has 0 aromatic heterocycles. The molecule has 0 unspecified atom stereocenters. The van der Waals surface area contributed by atoms with Crippen molar-refractivity contribution in [3.8, 4) is 0 Å². The molecule has 0 aromatic carbocycles. The fourth-order valence-corrected chi connectivity index (χ4v) is 1.44. The zero-order chi connectivity index (χ0) is 11.8. The van der Waals surface area contributed by atoms with Crippen LogP contribution in [0.25, 0.3) is 0 Å². The molecule has 4 heteroatoms. The van der Waals surface area contributed by atoms with Gasteiger partial charge in [0, 0.05) is 11.6 Å². The van der Waals surface area contributed by atoms with Crippen molar-refractivity contribution < 1.29 is 4.79 Å². The molecule has 0 fully saturated rings. The molecular formula is C11H19N3O. The average molecular weight is 209 g/mol. The maximum absolute atomic E-state index is 12.1. The Morgan fingerprint density at radius 2 is 1.93 bits per heavy atom. The molecule has 84 valence electrons. The second-order valence-corrected chi connectivity index (χ2v) is 4.95. The number of amides is 2. The summed E-state index contributed by atoms with van der Waals surface area (Å²) < 4.78 is 0. The van der Waals surface area contributed by atoms with Gasteiger partial charge >= 0.3 is 6.03 Å². The molecule has 0 atom stereocenters. The van der Waals surface area contributed by atoms with Crippen LogP contribution in [0.15, 0.2) is 17.4 Å². The van der Waals surface area contributed by atoms with Crippen molar-refractivity contribution in [1.82, 2.24) is 9.80 Å². The zero-order valence-corrected chi connectivity index (χ0v) is 10.1. The van der Waals surface area contributed by atoms with E-state index in [1.807, 2.05) is 34.6 Å². The number of rotatable bonds is 1. The van der Waals surface area contributed by atoms with Crippen LogP contribution in [0.4, 0.5) is 4.79 Å². The number of hydrogen-bond acceptors (Lipinski definition) is 2. The minimum absolute atomic E-state index is 0.0579. The maximum atomic E-state index is 12.1. The van der Waals surface area contributed by atoms with Crippen LogP contribution >= 0.6 is 0 Å². The van der Waals surface area contributed by atoms with Gasteiger partial charge in [0.1, 0.15) is 12.2 Å². The van der Waals surface area contributed by atoms with Crippen molar-refractivity contribution in [2.24, 2.45) is 4.99 Å². The summed E-state index contributed by atoms with van der Waals surface area (Å²) in [6, 6.07) is 0.0183. The fraction of sp³-hybridized carbons (Fsp3) is 0.636. The number of aliphatic imine (C=N–C) groups is 1. The summed E-state index contributed by atoms with van der Waals surface area (Å²) in [6.07, 6.45) is 1.56. The van der Waals surface area contributed by atoms with Gasteiger partial charge in [-0.15, -0.1) is 0 Å². The van der Waals surface area contributed by atoms with Crippen LogP contribution < -0.4 is 0 Å². The van der Waals surface area contributed by atoms with Gasteiger partial charge in [-0.2, -0.15) is 0 Å². The Morgan fingerprint density at radius 3 is 2.33 bits per heavy atom. The molecule has 0 spiro atoms. The van der Waals surface area contributed by atoms with Crippen molar-refractivity contribution in [1.29, 1.82) is 0 Å². The third-order valence-corrected chi connectivity index (χ3v) is 2.25. The number of nitrogens with zero attached hydrogens (tertiary/aromatic N) is 3. The highest BCUT2D eigenvalue weighted by Crippen LogP contribution is 2.22. The predicted octanol–water partition coefficient (Wildman–Crippen LogP) is 2.43. The van der Waals surface area contributed by atoms with E-state index in [2.05, 4.69) is 11.6 Å². The molecule has 2 amide bonds. The van der Waals surface area contributed by atoms with Crippen LogP contribution in [-0.2, 0) is 0 Å². The summed E-state index contributed by atoms with van der Waals surface area (Å²) in [5.74, 6) is 0.510. The summed E-state index contributed by atoms with van der Waals surface area (Å²) in [7, 11) is 0. The molecule has 1 aliphatic rings. The van der Waals surface area contributed by atoms with E-state index in [0.29, 0.717) is 5.82 Å². The quantitative estimate of drug-likeness (QED) is 0.653. The van der Waals surface area contributed by atoms with E-state index in [-0.39, 0.29) is 17.6 Å². The second kappa shape index (κ2) is 3.68. The summed E-state index contributed by atoms with van der Waals surface area (Å²) in [6.45, 7) is 13.6. The Kier molecular flexibility index (Phi) is 2.88. The molecule has 1 aliphatic heterocycles. The van der Waals surface area contributed by atoms with Crippen LogP contribution in [-0.4, -0.2) is 33.8 Å². The van der Waals surface area contributed by atoms with Gasteiger partial charge < -0.3 is 0 Å². The first kappa shape index (κ1) is 11.8. The van der Waals surface area contributed by atoms with Gasteiger partial charge in [0.05, 0.1) is 0 Å². The minimum Gasteiger partial charge on any atom is -0.279 e. The lowest BCUT2D eigenvalue weighted by atomic mass is 10.1. The van der Waals surface area contributed by atoms with Gasteiger partial charge in [0.25, 0.3) is 0 Å². The third kappa shape index (κ3) is 2.19. The van der Waals surface area contributed by atoms with E-state index >= 15 is 0 Å². The molecule has 4 nitrogen and oxygen atoms in total. The first-order chi connectivity index (χ1) is 6.75. The number of carbonyl (C=O) groups excluding carboxylic acids is 1. The normalized spacial score (nSPS) is 18.0. The zero-order valence-electron chi connectivity index (χ0n) is 10.1. The largest absolute Gasteiger partial charge is 0.331 e. The highest BCUT2D eigenvalue weighted by atomic mass is 16.2. The SMILES string of the molecule is C=C1N=CN(C(C)(C)C)C(=O)N1C(C)C. The number of carbonyl (C=O) groups is 1. The van der Waals surface area contributed by atoms with Crippen molar-refractivity contribution in [2.75, 3.05) is 0 Å². The van der Waals surface area contributed by atoms with Crippen LogP contribution in [0.1, 0.15) is 34.6 Å². The second-order valence-electron chi connectivity index (χ2n) is 4.95. The fourth-order valence-electron chi connectivity index (χ4n) is 1.44. The van der Waals surface area contributed by atoms with Crippen LogP contribution in [0.3, 0.4) is 0 Å². The average Bonchev–Trinajstić information content (AvgIpc) is 2.00. The number of urea groups is 1. The topological polar surface area (TPSA) is 35.9 Å². The lowest BCUT2D eigenvalue weighted by molar-refractivity contribution is 0.147. The smallest absolute Gasteiger partial charge is 0.279 e. The van der Waals surface area contributed by atoms with Crippen molar-refractivity contribution in [3.63, 3.8) is 0 Å². The Labute approximate surface area is 91.3 Å². The molecule has 0 radical (unpaired) electrons. The number of hydrogen-bond donors (Lipinski definition) is 0. The van der Waals surface area contributed by atoms with E-state index in [9.17, 15) is 4.79 Å². The van der Waals surface area contributed by atoms with Gasteiger partial charge in [-0.1, -0.05) is 6.58 Å². The Hall–Kier alpha value is -1.32. The van der Waals surface area contributed by atoms with E-state index in [1.54, 1.807) is 16.1 Å². The molecule has 0 aromatic rings. The van der Waals surface area contributed by atoms with E-state index < -0.39 is 0 Å². The van der Waals surface area contributed by atoms with E-state index in [0.717, 1.165) is 0 Å². The van der Waals surface area contributed by atoms with Gasteiger partial charge in [-0.05, 0) is 34.6 Å². The Balaban J connectivity index is 3.04. The Morgan fingerprint density at radius 1 is 1.40 bits per heavy atom. The molecule has 15 heavy (non-hydrogen) atoms. The van der Waals surface area contributed by atoms with Gasteiger partial charge in [-0.25, -0.2) is 9.79 Å². The molecule has 0 bridgehead atoms. The van der Waals surface area contributed by atoms with Gasteiger partial charge in [-0.3, -0.25) is 9.80 Å². The van der Waals surface area contributed by atoms with Crippen molar-refractivity contribution in [3.05, 3.63) is 12.4 Å². The maximum Gasteiger partial charge on any atom is 0.331 e. The van der Waals surface area contributed by atoms with Crippen LogP contribution in [0.2, 0.25) is 0 Å². The Bertz CT molecular complexity index is 312. The first-order valence-corrected chi connectivity index (χ1v) is 5.11. The van der Waals surface area contributed by atoms with Crippen molar-refractivity contribution >= 4 is 12.4 Å². The third-order valence-electron chi connectivity index (χ3n) is 2.25. The summed E-state index contributed by atoms with van der Waals surface area (Å²) in [4.78, 5) is 19.5. The highest BCUT2D eigenvalue weighted by Gasteiger charge is 2.34. The highest BCUT2D eigenvalue weighted by molar-refractivity contribution is 5.91.